The van der Waals surface area contributed by atoms with Crippen LogP contribution in [0.2, 0.25) is 0 Å². The number of aromatic nitrogens is 1. The van der Waals surface area contributed by atoms with E-state index in [1.807, 2.05) is 0 Å². The van der Waals surface area contributed by atoms with E-state index in [0.717, 1.165) is 13.0 Å². The zero-order valence-corrected chi connectivity index (χ0v) is 18.0. The van der Waals surface area contributed by atoms with E-state index in [4.69, 9.17) is 0 Å². The summed E-state index contributed by atoms with van der Waals surface area (Å²) in [4.78, 5) is 2.28. The van der Waals surface area contributed by atoms with Crippen molar-refractivity contribution in [2.75, 3.05) is 21.1 Å². The number of hydrogen-bond donors (Lipinski definition) is 1. The first-order chi connectivity index (χ1) is 14.1. The predicted molar refractivity (Wildman–Crippen MR) is 124 cm³/mol. The molecule has 0 bridgehead atoms. The molecule has 1 heterocycles. The minimum absolute atomic E-state index is 0.159. The Balaban J connectivity index is 2.04. The van der Waals surface area contributed by atoms with Crippen LogP contribution in [0, 0.1) is 6.92 Å². The second-order valence-corrected chi connectivity index (χ2v) is 8.37. The summed E-state index contributed by atoms with van der Waals surface area (Å²) in [5.74, 6) is 0. The van der Waals surface area contributed by atoms with E-state index in [-0.39, 0.29) is 6.17 Å². The van der Waals surface area contributed by atoms with Crippen molar-refractivity contribution in [2.24, 2.45) is 0 Å². The molecule has 0 fully saturated rings. The summed E-state index contributed by atoms with van der Waals surface area (Å²) in [6.07, 6.45) is 1.18. The Morgan fingerprint density at radius 3 is 2.52 bits per heavy atom. The third kappa shape index (κ3) is 2.44. The molecule has 1 N–H and O–H groups in total. The van der Waals surface area contributed by atoms with Crippen LogP contribution in [0.25, 0.3) is 32.9 Å². The van der Waals surface area contributed by atoms with Crippen LogP contribution in [0.1, 0.15) is 35.3 Å². The van der Waals surface area contributed by atoms with Gasteiger partial charge in [0.15, 0.2) is 0 Å². The van der Waals surface area contributed by atoms with Crippen molar-refractivity contribution < 1.29 is 0 Å². The summed E-state index contributed by atoms with van der Waals surface area (Å²) < 4.78 is 2.53. The lowest BCUT2D eigenvalue weighted by Gasteiger charge is -2.28. The Kier molecular flexibility index (Phi) is 4.27. The largest absolute Gasteiger partial charge is 0.340 e. The van der Waals surface area contributed by atoms with Crippen LogP contribution < -0.4 is 5.32 Å². The van der Waals surface area contributed by atoms with Gasteiger partial charge in [-0.25, -0.2) is 0 Å². The number of para-hydroxylation sites is 1. The fraction of sp³-hybridized carbons (Fsp3) is 0.308. The standard InChI is InChI=1S/C26H29N3/c1-6-29-21-14-10-9-13-19(21)24-23(26(27-3)28(4)5)16(2)22-18-12-8-7-11-17(18)15-20(22)25(24)29/h7-14,26-27H,6,15H2,1-5H3. The Morgan fingerprint density at radius 2 is 1.79 bits per heavy atom. The molecule has 3 heteroatoms. The summed E-state index contributed by atoms with van der Waals surface area (Å²) in [6, 6.07) is 17.8. The Labute approximate surface area is 172 Å². The van der Waals surface area contributed by atoms with Crippen LogP contribution in [0.4, 0.5) is 0 Å². The molecule has 1 atom stereocenters. The summed E-state index contributed by atoms with van der Waals surface area (Å²) >= 11 is 0. The van der Waals surface area contributed by atoms with E-state index >= 15 is 0 Å². The summed E-state index contributed by atoms with van der Waals surface area (Å²) in [6.45, 7) is 5.56. The van der Waals surface area contributed by atoms with Crippen molar-refractivity contribution in [3.8, 4) is 11.1 Å². The van der Waals surface area contributed by atoms with Gasteiger partial charge in [0.25, 0.3) is 0 Å². The molecule has 0 saturated heterocycles. The molecule has 1 aliphatic carbocycles. The van der Waals surface area contributed by atoms with Crippen molar-refractivity contribution in [3.05, 3.63) is 70.8 Å². The normalized spacial score (nSPS) is 14.0. The van der Waals surface area contributed by atoms with Crippen molar-refractivity contribution in [1.82, 2.24) is 14.8 Å². The summed E-state index contributed by atoms with van der Waals surface area (Å²) in [5, 5.41) is 6.35. The average Bonchev–Trinajstić information content (AvgIpc) is 3.26. The van der Waals surface area contributed by atoms with Crippen LogP contribution in [0.3, 0.4) is 0 Å². The number of aryl methyl sites for hydroxylation is 1. The minimum Gasteiger partial charge on any atom is -0.340 e. The molecule has 0 aliphatic heterocycles. The molecule has 148 valence electrons. The van der Waals surface area contributed by atoms with Gasteiger partial charge in [-0.15, -0.1) is 0 Å². The Bertz CT molecular complexity index is 1250. The van der Waals surface area contributed by atoms with Crippen molar-refractivity contribution >= 4 is 21.8 Å². The third-order valence-corrected chi connectivity index (χ3v) is 6.64. The number of nitrogens with zero attached hydrogens (tertiary/aromatic N) is 2. The lowest BCUT2D eigenvalue weighted by Crippen LogP contribution is -2.31. The van der Waals surface area contributed by atoms with Crippen molar-refractivity contribution in [1.29, 1.82) is 0 Å². The van der Waals surface area contributed by atoms with Gasteiger partial charge in [0.1, 0.15) is 0 Å². The van der Waals surface area contributed by atoms with Crippen molar-refractivity contribution in [2.45, 2.75) is 33.0 Å². The van der Waals surface area contributed by atoms with Gasteiger partial charge in [-0.3, -0.25) is 4.90 Å². The maximum atomic E-state index is 3.57. The van der Waals surface area contributed by atoms with E-state index in [0.29, 0.717) is 0 Å². The lowest BCUT2D eigenvalue weighted by atomic mass is 9.89. The van der Waals surface area contributed by atoms with E-state index < -0.39 is 0 Å². The average molecular weight is 384 g/mol. The number of fused-ring (bicyclic) bond motifs is 7. The topological polar surface area (TPSA) is 20.2 Å². The molecule has 1 unspecified atom stereocenters. The van der Waals surface area contributed by atoms with Crippen LogP contribution in [-0.2, 0) is 13.0 Å². The number of rotatable bonds is 4. The Hall–Kier alpha value is -2.62. The second kappa shape index (κ2) is 6.72. The van der Waals surface area contributed by atoms with Gasteiger partial charge in [0.05, 0.1) is 11.7 Å². The van der Waals surface area contributed by atoms with E-state index in [1.165, 1.54) is 55.2 Å². The number of nitrogens with one attached hydrogen (secondary N) is 1. The van der Waals surface area contributed by atoms with E-state index in [2.05, 4.69) is 98.3 Å². The molecule has 0 saturated carbocycles. The summed E-state index contributed by atoms with van der Waals surface area (Å²) in [7, 11) is 6.38. The zero-order valence-electron chi connectivity index (χ0n) is 18.0. The molecule has 5 rings (SSSR count). The van der Waals surface area contributed by atoms with E-state index in [1.54, 1.807) is 0 Å². The van der Waals surface area contributed by atoms with E-state index in [9.17, 15) is 0 Å². The molecule has 1 aliphatic rings. The van der Waals surface area contributed by atoms with Gasteiger partial charge in [-0.05, 0) is 74.4 Å². The highest BCUT2D eigenvalue weighted by Gasteiger charge is 2.31. The predicted octanol–water partition coefficient (Wildman–Crippen LogP) is 5.47. The molecule has 1 aromatic heterocycles. The van der Waals surface area contributed by atoms with Gasteiger partial charge in [-0.2, -0.15) is 0 Å². The maximum Gasteiger partial charge on any atom is 0.0863 e. The molecule has 4 aromatic rings. The van der Waals surface area contributed by atoms with Crippen LogP contribution in [0.15, 0.2) is 48.5 Å². The maximum absolute atomic E-state index is 3.57. The molecule has 3 aromatic carbocycles. The van der Waals surface area contributed by atoms with Crippen molar-refractivity contribution in [3.63, 3.8) is 0 Å². The first-order valence-corrected chi connectivity index (χ1v) is 10.6. The van der Waals surface area contributed by atoms with Gasteiger partial charge < -0.3 is 9.88 Å². The fourth-order valence-electron chi connectivity index (χ4n) is 5.53. The highest BCUT2D eigenvalue weighted by molar-refractivity contribution is 6.14. The molecular formula is C26H29N3. The fourth-order valence-corrected chi connectivity index (χ4v) is 5.53. The molecule has 3 nitrogen and oxygen atoms in total. The summed E-state index contributed by atoms with van der Waals surface area (Å²) in [5.41, 5.74) is 11.4. The van der Waals surface area contributed by atoms with Crippen LogP contribution in [0.5, 0.6) is 0 Å². The monoisotopic (exact) mass is 383 g/mol. The smallest absolute Gasteiger partial charge is 0.0863 e. The third-order valence-electron chi connectivity index (χ3n) is 6.64. The SMILES string of the molecule is CCn1c2ccccc2c2c(C(NC)N(C)C)c(C)c3c(c21)Cc1ccccc1-3. The molecule has 29 heavy (non-hydrogen) atoms. The van der Waals surface area contributed by atoms with Crippen LogP contribution in [-0.4, -0.2) is 30.6 Å². The first kappa shape index (κ1) is 18.4. The minimum atomic E-state index is 0.159. The number of benzene rings is 3. The first-order valence-electron chi connectivity index (χ1n) is 10.6. The Morgan fingerprint density at radius 1 is 1.07 bits per heavy atom. The van der Waals surface area contributed by atoms with Gasteiger partial charge in [0.2, 0.25) is 0 Å². The van der Waals surface area contributed by atoms with Gasteiger partial charge in [0, 0.05) is 29.3 Å². The van der Waals surface area contributed by atoms with Gasteiger partial charge in [-0.1, -0.05) is 42.5 Å². The molecule has 0 spiro atoms. The second-order valence-electron chi connectivity index (χ2n) is 8.37. The molecule has 0 radical (unpaired) electrons. The highest BCUT2D eigenvalue weighted by Crippen LogP contribution is 2.48. The lowest BCUT2D eigenvalue weighted by molar-refractivity contribution is 0.265. The number of hydrogen-bond acceptors (Lipinski definition) is 2. The van der Waals surface area contributed by atoms with Crippen LogP contribution >= 0.6 is 0 Å². The zero-order chi connectivity index (χ0) is 20.3. The van der Waals surface area contributed by atoms with Gasteiger partial charge >= 0.3 is 0 Å². The highest BCUT2D eigenvalue weighted by atomic mass is 15.2. The molecule has 0 amide bonds. The molecular weight excluding hydrogens is 354 g/mol. The quantitative estimate of drug-likeness (QED) is 0.415.